The quantitative estimate of drug-likeness (QED) is 0.651. The van der Waals surface area contributed by atoms with Gasteiger partial charge in [0, 0.05) is 33.8 Å². The molecule has 2 aromatic rings. The largest absolute Gasteiger partial charge is 0.455 e. The SMILES string of the molecule is Cc1cc(Br)ccc1NC(=O)COC(=O)[C@H]1CC(=O)N(c2cccc(Cl)c2C)C1. The summed E-state index contributed by atoms with van der Waals surface area (Å²) in [6.07, 6.45) is 0.0399. The van der Waals surface area contributed by atoms with Gasteiger partial charge in [-0.25, -0.2) is 0 Å². The number of halogens is 2. The van der Waals surface area contributed by atoms with Crippen LogP contribution in [0.25, 0.3) is 0 Å². The molecular formula is C21H20BrClN2O4. The molecular weight excluding hydrogens is 460 g/mol. The van der Waals surface area contributed by atoms with Gasteiger partial charge in [-0.1, -0.05) is 33.6 Å². The molecule has 0 radical (unpaired) electrons. The third kappa shape index (κ3) is 4.97. The first-order valence-electron chi connectivity index (χ1n) is 9.04. The van der Waals surface area contributed by atoms with E-state index in [1.807, 2.05) is 26.0 Å². The van der Waals surface area contributed by atoms with Crippen LogP contribution in [0.15, 0.2) is 40.9 Å². The number of rotatable bonds is 5. The summed E-state index contributed by atoms with van der Waals surface area (Å²) in [5.74, 6) is -1.80. The van der Waals surface area contributed by atoms with Gasteiger partial charge in [0.2, 0.25) is 5.91 Å². The molecule has 0 saturated carbocycles. The van der Waals surface area contributed by atoms with Crippen molar-refractivity contribution in [1.29, 1.82) is 0 Å². The van der Waals surface area contributed by atoms with Crippen molar-refractivity contribution in [3.63, 3.8) is 0 Å². The molecule has 29 heavy (non-hydrogen) atoms. The minimum atomic E-state index is -0.622. The Morgan fingerprint density at radius 3 is 2.76 bits per heavy atom. The molecule has 0 aliphatic carbocycles. The van der Waals surface area contributed by atoms with Gasteiger partial charge in [0.25, 0.3) is 5.91 Å². The van der Waals surface area contributed by atoms with E-state index < -0.39 is 24.4 Å². The van der Waals surface area contributed by atoms with Crippen molar-refractivity contribution in [2.75, 3.05) is 23.4 Å². The molecule has 3 rings (SSSR count). The average Bonchev–Trinajstić information content (AvgIpc) is 3.06. The fourth-order valence-corrected chi connectivity index (χ4v) is 3.84. The second-order valence-corrected chi connectivity index (χ2v) is 8.23. The van der Waals surface area contributed by atoms with Crippen molar-refractivity contribution in [3.8, 4) is 0 Å². The molecule has 1 aliphatic heterocycles. The van der Waals surface area contributed by atoms with Gasteiger partial charge in [0.15, 0.2) is 6.61 Å². The van der Waals surface area contributed by atoms with Crippen molar-refractivity contribution in [3.05, 3.63) is 57.0 Å². The fraction of sp³-hybridized carbons (Fsp3) is 0.286. The zero-order valence-electron chi connectivity index (χ0n) is 16.0. The molecule has 0 bridgehead atoms. The minimum absolute atomic E-state index is 0.0399. The van der Waals surface area contributed by atoms with Gasteiger partial charge in [0.1, 0.15) is 0 Å². The van der Waals surface area contributed by atoms with Crippen molar-refractivity contribution in [2.24, 2.45) is 5.92 Å². The number of hydrogen-bond donors (Lipinski definition) is 1. The van der Waals surface area contributed by atoms with Gasteiger partial charge in [-0.05, 0) is 55.3 Å². The maximum atomic E-state index is 12.4. The van der Waals surface area contributed by atoms with E-state index >= 15 is 0 Å². The maximum absolute atomic E-state index is 12.4. The standard InChI is InChI=1S/C21H20BrClN2O4/c1-12-8-15(22)6-7-17(12)24-19(26)11-29-21(28)14-9-20(27)25(10-14)18-5-3-4-16(23)13(18)2/h3-8,14H,9-11H2,1-2H3,(H,24,26)/t14-/m0/s1. The Balaban J connectivity index is 1.56. The summed E-state index contributed by atoms with van der Waals surface area (Å²) >= 11 is 9.50. The monoisotopic (exact) mass is 478 g/mol. The van der Waals surface area contributed by atoms with E-state index in [1.54, 1.807) is 29.2 Å². The van der Waals surface area contributed by atoms with Crippen LogP contribution >= 0.6 is 27.5 Å². The molecule has 0 spiro atoms. The van der Waals surface area contributed by atoms with Crippen LogP contribution in [0.5, 0.6) is 0 Å². The highest BCUT2D eigenvalue weighted by atomic mass is 79.9. The topological polar surface area (TPSA) is 75.7 Å². The summed E-state index contributed by atoms with van der Waals surface area (Å²) in [4.78, 5) is 38.4. The second kappa shape index (κ2) is 8.97. The summed E-state index contributed by atoms with van der Waals surface area (Å²) in [7, 11) is 0. The van der Waals surface area contributed by atoms with Gasteiger partial charge in [-0.2, -0.15) is 0 Å². The number of hydrogen-bond acceptors (Lipinski definition) is 4. The first kappa shape index (κ1) is 21.3. The summed E-state index contributed by atoms with van der Waals surface area (Å²) in [5, 5.41) is 3.27. The van der Waals surface area contributed by atoms with Gasteiger partial charge in [-0.3, -0.25) is 14.4 Å². The van der Waals surface area contributed by atoms with E-state index in [0.29, 0.717) is 16.4 Å². The first-order chi connectivity index (χ1) is 13.8. The molecule has 1 saturated heterocycles. The molecule has 2 aromatic carbocycles. The van der Waals surface area contributed by atoms with E-state index in [1.165, 1.54) is 0 Å². The Bertz CT molecular complexity index is 979. The Kier molecular flexibility index (Phi) is 6.59. The van der Waals surface area contributed by atoms with E-state index in [4.69, 9.17) is 16.3 Å². The van der Waals surface area contributed by atoms with Crippen LogP contribution < -0.4 is 10.2 Å². The van der Waals surface area contributed by atoms with Crippen LogP contribution in [-0.2, 0) is 19.1 Å². The number of aryl methyl sites for hydroxylation is 1. The van der Waals surface area contributed by atoms with Crippen LogP contribution in [0.2, 0.25) is 5.02 Å². The Morgan fingerprint density at radius 2 is 2.03 bits per heavy atom. The molecule has 1 N–H and O–H groups in total. The normalized spacial score (nSPS) is 16.1. The molecule has 152 valence electrons. The smallest absolute Gasteiger partial charge is 0.311 e. The lowest BCUT2D eigenvalue weighted by molar-refractivity contribution is -0.151. The molecule has 2 amide bonds. The summed E-state index contributed by atoms with van der Waals surface area (Å²) in [6.45, 7) is 3.48. The Morgan fingerprint density at radius 1 is 1.28 bits per heavy atom. The lowest BCUT2D eigenvalue weighted by Gasteiger charge is -2.19. The fourth-order valence-electron chi connectivity index (χ4n) is 3.19. The van der Waals surface area contributed by atoms with Crippen LogP contribution in [0.4, 0.5) is 11.4 Å². The highest BCUT2D eigenvalue weighted by molar-refractivity contribution is 9.10. The van der Waals surface area contributed by atoms with E-state index in [9.17, 15) is 14.4 Å². The predicted molar refractivity (Wildman–Crippen MR) is 115 cm³/mol. The summed E-state index contributed by atoms with van der Waals surface area (Å²) in [6, 6.07) is 10.8. The first-order valence-corrected chi connectivity index (χ1v) is 10.2. The molecule has 8 heteroatoms. The molecule has 1 atom stereocenters. The number of nitrogens with one attached hydrogen (secondary N) is 1. The second-order valence-electron chi connectivity index (χ2n) is 6.90. The molecule has 1 fully saturated rings. The number of esters is 1. The van der Waals surface area contributed by atoms with Crippen LogP contribution in [0.3, 0.4) is 0 Å². The number of anilines is 2. The number of carbonyl (C=O) groups excluding carboxylic acids is 3. The lowest BCUT2D eigenvalue weighted by Crippen LogP contribution is -2.28. The molecule has 0 unspecified atom stereocenters. The predicted octanol–water partition coefficient (Wildman–Crippen LogP) is 4.25. The zero-order chi connectivity index (χ0) is 21.1. The van der Waals surface area contributed by atoms with Gasteiger partial charge >= 0.3 is 5.97 Å². The highest BCUT2D eigenvalue weighted by Gasteiger charge is 2.37. The van der Waals surface area contributed by atoms with Gasteiger partial charge in [-0.15, -0.1) is 0 Å². The third-order valence-corrected chi connectivity index (χ3v) is 5.70. The highest BCUT2D eigenvalue weighted by Crippen LogP contribution is 2.31. The number of benzene rings is 2. The van der Waals surface area contributed by atoms with Crippen molar-refractivity contribution in [2.45, 2.75) is 20.3 Å². The van der Waals surface area contributed by atoms with E-state index in [0.717, 1.165) is 15.6 Å². The van der Waals surface area contributed by atoms with Crippen LogP contribution in [-0.4, -0.2) is 30.9 Å². The number of carbonyl (C=O) groups is 3. The Hall–Kier alpha value is -2.38. The number of amides is 2. The van der Waals surface area contributed by atoms with Crippen LogP contribution in [0, 0.1) is 19.8 Å². The van der Waals surface area contributed by atoms with Gasteiger partial charge < -0.3 is 15.0 Å². The molecule has 0 aromatic heterocycles. The van der Waals surface area contributed by atoms with Gasteiger partial charge in [0.05, 0.1) is 5.92 Å². The molecule has 1 aliphatic rings. The van der Waals surface area contributed by atoms with Crippen LogP contribution in [0.1, 0.15) is 17.5 Å². The molecule has 6 nitrogen and oxygen atoms in total. The summed E-state index contributed by atoms with van der Waals surface area (Å²) < 4.78 is 6.05. The minimum Gasteiger partial charge on any atom is -0.455 e. The lowest BCUT2D eigenvalue weighted by atomic mass is 10.1. The average molecular weight is 480 g/mol. The Labute approximate surface area is 182 Å². The third-order valence-electron chi connectivity index (χ3n) is 4.80. The maximum Gasteiger partial charge on any atom is 0.311 e. The van der Waals surface area contributed by atoms with Crippen molar-refractivity contribution in [1.82, 2.24) is 0 Å². The summed E-state index contributed by atoms with van der Waals surface area (Å²) in [5.41, 5.74) is 2.99. The van der Waals surface area contributed by atoms with E-state index in [2.05, 4.69) is 21.2 Å². The number of ether oxygens (including phenoxy) is 1. The molecule has 1 heterocycles. The van der Waals surface area contributed by atoms with Crippen molar-refractivity contribution >= 4 is 56.7 Å². The van der Waals surface area contributed by atoms with Crippen molar-refractivity contribution < 1.29 is 19.1 Å². The van der Waals surface area contributed by atoms with E-state index in [-0.39, 0.29) is 18.9 Å². The zero-order valence-corrected chi connectivity index (χ0v) is 18.3. The number of nitrogens with zero attached hydrogens (tertiary/aromatic N) is 1.